The lowest BCUT2D eigenvalue weighted by molar-refractivity contribution is 0.125. The highest BCUT2D eigenvalue weighted by Crippen LogP contribution is 2.51. The van der Waals surface area contributed by atoms with Gasteiger partial charge in [0.1, 0.15) is 18.5 Å². The van der Waals surface area contributed by atoms with Crippen LogP contribution in [0.3, 0.4) is 0 Å². The molecule has 4 nitrogen and oxygen atoms in total. The van der Waals surface area contributed by atoms with Crippen molar-refractivity contribution in [3.05, 3.63) is 22.8 Å². The monoisotopic (exact) mass is 334 g/mol. The fraction of sp³-hybridized carbons (Fsp3) is 0.684. The van der Waals surface area contributed by atoms with Gasteiger partial charge in [0.15, 0.2) is 0 Å². The summed E-state index contributed by atoms with van der Waals surface area (Å²) in [4.78, 5) is 2.20. The van der Waals surface area contributed by atoms with Gasteiger partial charge in [-0.05, 0) is 67.4 Å². The molecule has 0 unspecified atom stereocenters. The van der Waals surface area contributed by atoms with Crippen LogP contribution in [0.4, 0.5) is 10.1 Å². The normalized spacial score (nSPS) is 21.5. The van der Waals surface area contributed by atoms with Crippen molar-refractivity contribution in [2.75, 3.05) is 51.4 Å². The molecule has 0 radical (unpaired) electrons. The van der Waals surface area contributed by atoms with Crippen molar-refractivity contribution in [2.24, 2.45) is 0 Å². The number of hydrogen-bond donors (Lipinski definition) is 1. The van der Waals surface area contributed by atoms with Gasteiger partial charge < -0.3 is 19.7 Å². The molecule has 2 aliphatic heterocycles. The second-order valence-corrected chi connectivity index (χ2v) is 7.15. The zero-order valence-electron chi connectivity index (χ0n) is 14.4. The molecule has 1 N–H and O–H groups in total. The molecule has 2 heterocycles. The van der Waals surface area contributed by atoms with Gasteiger partial charge in [0.25, 0.3) is 0 Å². The molecule has 0 aromatic heterocycles. The molecule has 1 aromatic carbocycles. The van der Waals surface area contributed by atoms with Crippen LogP contribution in [-0.2, 0) is 17.6 Å². The van der Waals surface area contributed by atoms with Gasteiger partial charge in [-0.1, -0.05) is 0 Å². The van der Waals surface area contributed by atoms with E-state index in [0.29, 0.717) is 19.1 Å². The topological polar surface area (TPSA) is 33.7 Å². The van der Waals surface area contributed by atoms with E-state index in [2.05, 4.69) is 16.3 Å². The van der Waals surface area contributed by atoms with Gasteiger partial charge in [-0.3, -0.25) is 0 Å². The number of ether oxygens (including phenoxy) is 2. The van der Waals surface area contributed by atoms with Gasteiger partial charge in [-0.15, -0.1) is 0 Å². The third kappa shape index (κ3) is 3.11. The highest BCUT2D eigenvalue weighted by molar-refractivity contribution is 5.71. The predicted octanol–water partition coefficient (Wildman–Crippen LogP) is 2.44. The van der Waals surface area contributed by atoms with Crippen molar-refractivity contribution < 1.29 is 13.9 Å². The summed E-state index contributed by atoms with van der Waals surface area (Å²) >= 11 is 0. The number of methoxy groups -OCH3 is 1. The summed E-state index contributed by atoms with van der Waals surface area (Å²) in [6.45, 7) is 3.99. The van der Waals surface area contributed by atoms with Gasteiger partial charge in [-0.25, -0.2) is 4.39 Å². The molecule has 24 heavy (non-hydrogen) atoms. The van der Waals surface area contributed by atoms with E-state index in [-0.39, 0.29) is 6.61 Å². The highest BCUT2D eigenvalue weighted by Gasteiger charge is 2.35. The quantitative estimate of drug-likeness (QED) is 0.897. The molecule has 1 aromatic rings. The highest BCUT2D eigenvalue weighted by atomic mass is 19.1. The van der Waals surface area contributed by atoms with E-state index >= 15 is 0 Å². The Hall–Kier alpha value is -1.33. The molecule has 1 aliphatic carbocycles. The molecule has 0 spiro atoms. The Morgan fingerprint density at radius 1 is 1.38 bits per heavy atom. The minimum atomic E-state index is -0.964. The standard InChI is InChI=1S/C19H27FN2O2/c1-23-12-15(20)11-22-8-9-24-17-10-14-4-6-21-7-5-16(14)18(19(17)22)13-2-3-13/h10,13,15,21H,2-9,11-12H2,1H3/t15-/m1/s1. The second-order valence-electron chi connectivity index (χ2n) is 7.15. The van der Waals surface area contributed by atoms with E-state index in [0.717, 1.165) is 38.2 Å². The fourth-order valence-corrected chi connectivity index (χ4v) is 4.12. The summed E-state index contributed by atoms with van der Waals surface area (Å²) in [6, 6.07) is 2.22. The maximum Gasteiger partial charge on any atom is 0.143 e. The number of benzene rings is 1. The van der Waals surface area contributed by atoms with E-state index in [4.69, 9.17) is 9.47 Å². The smallest absolute Gasteiger partial charge is 0.143 e. The molecular formula is C19H27FN2O2. The average molecular weight is 334 g/mol. The lowest BCUT2D eigenvalue weighted by atomic mass is 9.91. The van der Waals surface area contributed by atoms with E-state index in [1.165, 1.54) is 35.2 Å². The average Bonchev–Trinajstić information content (AvgIpc) is 3.40. The second kappa shape index (κ2) is 6.89. The fourth-order valence-electron chi connectivity index (χ4n) is 4.12. The number of alkyl halides is 1. The Bertz CT molecular complexity index is 604. The first-order valence-electron chi connectivity index (χ1n) is 9.18. The zero-order valence-corrected chi connectivity index (χ0v) is 14.4. The third-order valence-corrected chi connectivity index (χ3v) is 5.32. The van der Waals surface area contributed by atoms with Gasteiger partial charge in [0, 0.05) is 7.11 Å². The summed E-state index contributed by atoms with van der Waals surface area (Å²) in [6.07, 6.45) is 3.66. The predicted molar refractivity (Wildman–Crippen MR) is 93.2 cm³/mol. The first kappa shape index (κ1) is 16.2. The minimum Gasteiger partial charge on any atom is -0.490 e. The Labute approximate surface area is 143 Å². The molecule has 0 bridgehead atoms. The Kier molecular flexibility index (Phi) is 4.63. The van der Waals surface area contributed by atoms with E-state index in [9.17, 15) is 4.39 Å². The van der Waals surface area contributed by atoms with Crippen LogP contribution in [-0.4, -0.2) is 52.7 Å². The lowest BCUT2D eigenvalue weighted by Gasteiger charge is -2.35. The number of halogens is 1. The first-order valence-corrected chi connectivity index (χ1v) is 9.18. The Balaban J connectivity index is 1.74. The summed E-state index contributed by atoms with van der Waals surface area (Å²) in [5.41, 5.74) is 5.55. The van der Waals surface area contributed by atoms with Crippen LogP contribution in [0.25, 0.3) is 0 Å². The van der Waals surface area contributed by atoms with Gasteiger partial charge in [0.2, 0.25) is 0 Å². The van der Waals surface area contributed by atoms with Crippen molar-refractivity contribution in [1.29, 1.82) is 0 Å². The van der Waals surface area contributed by atoms with E-state index < -0.39 is 6.17 Å². The lowest BCUT2D eigenvalue weighted by Crippen LogP contribution is -2.39. The molecular weight excluding hydrogens is 307 g/mol. The minimum absolute atomic E-state index is 0.153. The molecule has 1 fully saturated rings. The molecule has 0 amide bonds. The number of anilines is 1. The van der Waals surface area contributed by atoms with Gasteiger partial charge >= 0.3 is 0 Å². The van der Waals surface area contributed by atoms with Gasteiger partial charge in [-0.2, -0.15) is 0 Å². The van der Waals surface area contributed by atoms with Crippen molar-refractivity contribution in [1.82, 2.24) is 5.32 Å². The molecule has 3 aliphatic rings. The van der Waals surface area contributed by atoms with Crippen LogP contribution < -0.4 is 15.0 Å². The van der Waals surface area contributed by atoms with E-state index in [1.807, 2.05) is 0 Å². The SMILES string of the molecule is COC[C@H](F)CN1CCOc2cc3c(c(C4CC4)c21)CCNCC3. The maximum absolute atomic E-state index is 14.2. The zero-order chi connectivity index (χ0) is 16.5. The summed E-state index contributed by atoms with van der Waals surface area (Å²) in [5, 5.41) is 3.50. The largest absolute Gasteiger partial charge is 0.490 e. The van der Waals surface area contributed by atoms with Gasteiger partial charge in [0.05, 0.1) is 25.4 Å². The van der Waals surface area contributed by atoms with Crippen LogP contribution in [0.2, 0.25) is 0 Å². The molecule has 0 saturated heterocycles. The molecule has 5 heteroatoms. The molecule has 1 saturated carbocycles. The number of fused-ring (bicyclic) bond motifs is 2. The van der Waals surface area contributed by atoms with Crippen LogP contribution in [0.1, 0.15) is 35.4 Å². The first-order chi connectivity index (χ1) is 11.8. The van der Waals surface area contributed by atoms with Crippen LogP contribution in [0, 0.1) is 0 Å². The van der Waals surface area contributed by atoms with Crippen LogP contribution >= 0.6 is 0 Å². The summed E-state index contributed by atoms with van der Waals surface area (Å²) < 4.78 is 25.2. The number of hydrogen-bond acceptors (Lipinski definition) is 4. The molecule has 132 valence electrons. The van der Waals surface area contributed by atoms with Crippen LogP contribution in [0.5, 0.6) is 5.75 Å². The van der Waals surface area contributed by atoms with Crippen molar-refractivity contribution in [3.8, 4) is 5.75 Å². The number of nitrogens with one attached hydrogen (secondary N) is 1. The molecule has 4 rings (SSSR count). The van der Waals surface area contributed by atoms with Crippen molar-refractivity contribution in [2.45, 2.75) is 37.8 Å². The Morgan fingerprint density at radius 2 is 2.21 bits per heavy atom. The maximum atomic E-state index is 14.2. The Morgan fingerprint density at radius 3 is 3.00 bits per heavy atom. The number of nitrogens with zero attached hydrogens (tertiary/aromatic N) is 1. The van der Waals surface area contributed by atoms with E-state index in [1.54, 1.807) is 7.11 Å². The summed E-state index contributed by atoms with van der Waals surface area (Å²) in [7, 11) is 1.56. The van der Waals surface area contributed by atoms with Crippen LogP contribution in [0.15, 0.2) is 6.07 Å². The molecule has 1 atom stereocenters. The van der Waals surface area contributed by atoms with Crippen molar-refractivity contribution >= 4 is 5.69 Å². The third-order valence-electron chi connectivity index (χ3n) is 5.32. The summed E-state index contributed by atoms with van der Waals surface area (Å²) in [5.74, 6) is 1.60. The number of rotatable bonds is 5. The van der Waals surface area contributed by atoms with Crippen molar-refractivity contribution in [3.63, 3.8) is 0 Å².